The van der Waals surface area contributed by atoms with Gasteiger partial charge in [0.05, 0.1) is 6.10 Å². The molecule has 0 aromatic carbocycles. The topological polar surface area (TPSA) is 32.3 Å². The zero-order chi connectivity index (χ0) is 7.84. The normalized spacial score (nSPS) is 50.7. The maximum atomic E-state index is 9.46. The van der Waals surface area contributed by atoms with Gasteiger partial charge in [0, 0.05) is 12.1 Å². The standard InChI is InChI=1S/C9H17NO/c1-6-2-7-4-9(11)5-8(3-6)10-7/h6-11H,2-5H2,1H3/t6?,7-,8+,9?. The number of piperidine rings is 2. The van der Waals surface area contributed by atoms with Crippen LogP contribution in [-0.4, -0.2) is 23.3 Å². The molecule has 2 bridgehead atoms. The Morgan fingerprint density at radius 3 is 2.18 bits per heavy atom. The van der Waals surface area contributed by atoms with Gasteiger partial charge in [0.25, 0.3) is 0 Å². The van der Waals surface area contributed by atoms with Gasteiger partial charge in [-0.05, 0) is 31.6 Å². The Morgan fingerprint density at radius 2 is 1.64 bits per heavy atom. The van der Waals surface area contributed by atoms with E-state index >= 15 is 0 Å². The van der Waals surface area contributed by atoms with Crippen LogP contribution in [-0.2, 0) is 0 Å². The molecule has 2 heterocycles. The van der Waals surface area contributed by atoms with E-state index < -0.39 is 0 Å². The van der Waals surface area contributed by atoms with Crippen molar-refractivity contribution in [3.8, 4) is 0 Å². The maximum Gasteiger partial charge on any atom is 0.0569 e. The number of nitrogens with one attached hydrogen (secondary N) is 1. The third kappa shape index (κ3) is 1.57. The number of aliphatic hydroxyl groups excluding tert-OH is 1. The third-order valence-electron chi connectivity index (χ3n) is 2.96. The minimum Gasteiger partial charge on any atom is -0.393 e. The van der Waals surface area contributed by atoms with E-state index in [0.29, 0.717) is 12.1 Å². The summed E-state index contributed by atoms with van der Waals surface area (Å²) in [6.07, 6.45) is 4.43. The smallest absolute Gasteiger partial charge is 0.0569 e. The van der Waals surface area contributed by atoms with E-state index in [9.17, 15) is 5.11 Å². The molecule has 2 nitrogen and oxygen atoms in total. The van der Waals surface area contributed by atoms with Crippen LogP contribution in [0.2, 0.25) is 0 Å². The van der Waals surface area contributed by atoms with Gasteiger partial charge < -0.3 is 10.4 Å². The Bertz CT molecular complexity index is 115. The average molecular weight is 155 g/mol. The molecule has 0 aliphatic carbocycles. The molecule has 4 atom stereocenters. The molecule has 0 spiro atoms. The number of hydrogen-bond acceptors (Lipinski definition) is 2. The predicted molar refractivity (Wildman–Crippen MR) is 44.4 cm³/mol. The van der Waals surface area contributed by atoms with Crippen LogP contribution in [0, 0.1) is 5.92 Å². The lowest BCUT2D eigenvalue weighted by atomic mass is 9.80. The first-order valence-corrected chi connectivity index (χ1v) is 4.68. The van der Waals surface area contributed by atoms with Gasteiger partial charge in [-0.15, -0.1) is 0 Å². The molecule has 2 heteroatoms. The highest BCUT2D eigenvalue weighted by molar-refractivity contribution is 4.91. The lowest BCUT2D eigenvalue weighted by Crippen LogP contribution is -2.52. The SMILES string of the molecule is CC1C[C@@H]2CC(O)C[C@H](C1)N2. The van der Waals surface area contributed by atoms with Crippen LogP contribution in [0.15, 0.2) is 0 Å². The first-order chi connectivity index (χ1) is 5.24. The van der Waals surface area contributed by atoms with Gasteiger partial charge in [-0.3, -0.25) is 0 Å². The van der Waals surface area contributed by atoms with Gasteiger partial charge in [-0.25, -0.2) is 0 Å². The summed E-state index contributed by atoms with van der Waals surface area (Å²) in [5, 5.41) is 13.0. The predicted octanol–water partition coefficient (Wildman–Crippen LogP) is 0.898. The highest BCUT2D eigenvalue weighted by atomic mass is 16.3. The molecule has 0 aromatic heterocycles. The zero-order valence-corrected chi connectivity index (χ0v) is 7.09. The summed E-state index contributed by atoms with van der Waals surface area (Å²) in [4.78, 5) is 0. The maximum absolute atomic E-state index is 9.46. The third-order valence-corrected chi connectivity index (χ3v) is 2.96. The van der Waals surface area contributed by atoms with Crippen molar-refractivity contribution in [3.05, 3.63) is 0 Å². The Labute approximate surface area is 68.0 Å². The molecule has 64 valence electrons. The van der Waals surface area contributed by atoms with Crippen LogP contribution in [0.25, 0.3) is 0 Å². The largest absolute Gasteiger partial charge is 0.393 e. The quantitative estimate of drug-likeness (QED) is 0.544. The van der Waals surface area contributed by atoms with Crippen LogP contribution in [0.1, 0.15) is 32.6 Å². The van der Waals surface area contributed by atoms with Crippen LogP contribution in [0.5, 0.6) is 0 Å². The monoisotopic (exact) mass is 155 g/mol. The first kappa shape index (κ1) is 7.56. The van der Waals surface area contributed by atoms with Gasteiger partial charge in [-0.1, -0.05) is 6.92 Å². The van der Waals surface area contributed by atoms with E-state index in [-0.39, 0.29) is 6.10 Å². The molecule has 2 unspecified atom stereocenters. The minimum absolute atomic E-state index is 0.0289. The highest BCUT2D eigenvalue weighted by Gasteiger charge is 2.32. The molecular formula is C9H17NO. The number of aliphatic hydroxyl groups is 1. The van der Waals surface area contributed by atoms with Crippen molar-refractivity contribution in [1.82, 2.24) is 5.32 Å². The van der Waals surface area contributed by atoms with Crippen LogP contribution in [0.4, 0.5) is 0 Å². The van der Waals surface area contributed by atoms with Crippen LogP contribution in [0.3, 0.4) is 0 Å². The molecule has 0 saturated carbocycles. The van der Waals surface area contributed by atoms with E-state index in [0.717, 1.165) is 18.8 Å². The molecule has 11 heavy (non-hydrogen) atoms. The van der Waals surface area contributed by atoms with Gasteiger partial charge in [0.15, 0.2) is 0 Å². The van der Waals surface area contributed by atoms with Crippen molar-refractivity contribution in [1.29, 1.82) is 0 Å². The molecule has 2 aliphatic heterocycles. The van der Waals surface area contributed by atoms with Crippen molar-refractivity contribution in [3.63, 3.8) is 0 Å². The number of rotatable bonds is 0. The van der Waals surface area contributed by atoms with Gasteiger partial charge >= 0.3 is 0 Å². The van der Waals surface area contributed by atoms with E-state index in [2.05, 4.69) is 12.2 Å². The number of fused-ring (bicyclic) bond motifs is 2. The van der Waals surface area contributed by atoms with Gasteiger partial charge in [-0.2, -0.15) is 0 Å². The molecule has 2 fully saturated rings. The van der Waals surface area contributed by atoms with Crippen molar-refractivity contribution < 1.29 is 5.11 Å². The minimum atomic E-state index is -0.0289. The fraction of sp³-hybridized carbons (Fsp3) is 1.00. The molecule has 2 rings (SSSR count). The van der Waals surface area contributed by atoms with Crippen molar-refractivity contribution >= 4 is 0 Å². The fourth-order valence-electron chi connectivity index (χ4n) is 2.62. The second-order valence-electron chi connectivity index (χ2n) is 4.26. The summed E-state index contributed by atoms with van der Waals surface area (Å²) in [7, 11) is 0. The first-order valence-electron chi connectivity index (χ1n) is 4.68. The summed E-state index contributed by atoms with van der Waals surface area (Å²) in [5.41, 5.74) is 0. The Hall–Kier alpha value is -0.0800. The Kier molecular flexibility index (Phi) is 1.90. The molecule has 0 radical (unpaired) electrons. The molecule has 0 amide bonds. The van der Waals surface area contributed by atoms with Gasteiger partial charge in [0.1, 0.15) is 0 Å². The molecule has 0 aromatic rings. The molecule has 2 N–H and O–H groups in total. The second kappa shape index (κ2) is 2.76. The molecular weight excluding hydrogens is 138 g/mol. The van der Waals surface area contributed by atoms with E-state index in [1.54, 1.807) is 0 Å². The summed E-state index contributed by atoms with van der Waals surface area (Å²) < 4.78 is 0. The van der Waals surface area contributed by atoms with Crippen LogP contribution >= 0.6 is 0 Å². The summed E-state index contributed by atoms with van der Waals surface area (Å²) in [6.45, 7) is 2.32. The Balaban J connectivity index is 2.00. The van der Waals surface area contributed by atoms with E-state index in [4.69, 9.17) is 0 Å². The van der Waals surface area contributed by atoms with Crippen molar-refractivity contribution in [2.75, 3.05) is 0 Å². The zero-order valence-electron chi connectivity index (χ0n) is 7.09. The summed E-state index contributed by atoms with van der Waals surface area (Å²) in [6, 6.07) is 1.21. The van der Waals surface area contributed by atoms with Crippen molar-refractivity contribution in [2.24, 2.45) is 5.92 Å². The lowest BCUT2D eigenvalue weighted by molar-refractivity contribution is 0.0608. The fourth-order valence-corrected chi connectivity index (χ4v) is 2.62. The highest BCUT2D eigenvalue weighted by Crippen LogP contribution is 2.29. The lowest BCUT2D eigenvalue weighted by Gasteiger charge is -2.41. The van der Waals surface area contributed by atoms with Gasteiger partial charge in [0.2, 0.25) is 0 Å². The Morgan fingerprint density at radius 1 is 1.09 bits per heavy atom. The van der Waals surface area contributed by atoms with Crippen molar-refractivity contribution in [2.45, 2.75) is 50.8 Å². The summed E-state index contributed by atoms with van der Waals surface area (Å²) >= 11 is 0. The second-order valence-corrected chi connectivity index (χ2v) is 4.26. The summed E-state index contributed by atoms with van der Waals surface area (Å²) in [5.74, 6) is 0.860. The van der Waals surface area contributed by atoms with E-state index in [1.807, 2.05) is 0 Å². The molecule has 2 aliphatic rings. The average Bonchev–Trinajstić information content (AvgIpc) is 1.82. The van der Waals surface area contributed by atoms with Crippen LogP contribution < -0.4 is 5.32 Å². The van der Waals surface area contributed by atoms with E-state index in [1.165, 1.54) is 12.8 Å². The number of hydrogen-bond donors (Lipinski definition) is 2. The molecule has 2 saturated heterocycles.